The number of rotatable bonds is 10. The summed E-state index contributed by atoms with van der Waals surface area (Å²) >= 11 is 14.2. The van der Waals surface area contributed by atoms with E-state index in [1.165, 1.54) is 59.2 Å². The minimum atomic E-state index is -0.502. The molecule has 1 aromatic carbocycles. The zero-order valence-corrected chi connectivity index (χ0v) is 32.5. The van der Waals surface area contributed by atoms with Crippen LogP contribution >= 0.6 is 45.9 Å². The number of methoxy groups -OCH3 is 4. The van der Waals surface area contributed by atoms with Crippen LogP contribution in [0.1, 0.15) is 40.3 Å². The highest BCUT2D eigenvalue weighted by Gasteiger charge is 2.23. The van der Waals surface area contributed by atoms with E-state index in [0.29, 0.717) is 54.4 Å². The van der Waals surface area contributed by atoms with E-state index in [1.807, 2.05) is 32.0 Å². The van der Waals surface area contributed by atoms with Crippen molar-refractivity contribution in [3.05, 3.63) is 88.2 Å². The molecule has 0 fully saturated rings. The lowest BCUT2D eigenvalue weighted by atomic mass is 9.98. The van der Waals surface area contributed by atoms with E-state index in [2.05, 4.69) is 46.0 Å². The van der Waals surface area contributed by atoms with Crippen molar-refractivity contribution in [3.63, 3.8) is 0 Å². The van der Waals surface area contributed by atoms with Gasteiger partial charge in [0.1, 0.15) is 33.6 Å². The van der Waals surface area contributed by atoms with Crippen LogP contribution in [0.25, 0.3) is 22.3 Å². The van der Waals surface area contributed by atoms with Gasteiger partial charge in [0.25, 0.3) is 22.2 Å². The second-order valence-electron chi connectivity index (χ2n) is 9.72. The Hall–Kier alpha value is -6.00. The number of ether oxygens (including phenoxy) is 4. The Morgan fingerprint density at radius 3 is 1.72 bits per heavy atom. The summed E-state index contributed by atoms with van der Waals surface area (Å²) in [5.41, 5.74) is 2.70. The van der Waals surface area contributed by atoms with Gasteiger partial charge in [-0.05, 0) is 52.5 Å². The SMILES string of the molecule is CC.COc1nnc(NC(=O)c2ccccc2-c2cc(Cl)ncc2OC)s1.COc1nnc(NC(=O)c2ccnc(C#N)c2-c2cc(Cl)ncc2OC)s1. The number of hydrogen-bond donors (Lipinski definition) is 2. The molecule has 5 heterocycles. The summed E-state index contributed by atoms with van der Waals surface area (Å²) in [5.74, 6) is 0.0276. The van der Waals surface area contributed by atoms with E-state index < -0.39 is 5.91 Å². The van der Waals surface area contributed by atoms with Gasteiger partial charge in [0.05, 0.1) is 46.4 Å². The molecule has 54 heavy (non-hydrogen) atoms. The first kappa shape index (κ1) is 40.8. The summed E-state index contributed by atoms with van der Waals surface area (Å²) in [4.78, 5) is 37.5. The number of nitrogens with one attached hydrogen (secondary N) is 2. The maximum absolute atomic E-state index is 12.8. The summed E-state index contributed by atoms with van der Waals surface area (Å²) in [7, 11) is 5.92. The first-order valence-electron chi connectivity index (χ1n) is 15.4. The molecule has 0 aliphatic carbocycles. The lowest BCUT2D eigenvalue weighted by Crippen LogP contribution is -2.14. The summed E-state index contributed by atoms with van der Waals surface area (Å²) in [6.45, 7) is 4.00. The first-order valence-corrected chi connectivity index (χ1v) is 17.8. The second-order valence-corrected chi connectivity index (χ2v) is 12.4. The third-order valence-electron chi connectivity index (χ3n) is 6.74. The van der Waals surface area contributed by atoms with Crippen molar-refractivity contribution in [2.45, 2.75) is 13.8 Å². The third-order valence-corrected chi connectivity index (χ3v) is 8.76. The zero-order chi connectivity index (χ0) is 39.2. The number of hydrogen-bond acceptors (Lipinski definition) is 16. The molecule has 0 unspecified atom stereocenters. The van der Waals surface area contributed by atoms with Gasteiger partial charge in [-0.2, -0.15) is 5.26 Å². The molecule has 278 valence electrons. The van der Waals surface area contributed by atoms with Crippen molar-refractivity contribution in [2.75, 3.05) is 39.1 Å². The van der Waals surface area contributed by atoms with Crippen LogP contribution in [0.5, 0.6) is 21.9 Å². The molecule has 0 aliphatic rings. The van der Waals surface area contributed by atoms with Gasteiger partial charge in [-0.3, -0.25) is 20.2 Å². The molecule has 0 atom stereocenters. The van der Waals surface area contributed by atoms with E-state index in [-0.39, 0.29) is 33.0 Å². The van der Waals surface area contributed by atoms with Crippen LogP contribution in [0.4, 0.5) is 10.3 Å². The van der Waals surface area contributed by atoms with Gasteiger partial charge in [0, 0.05) is 28.5 Å². The largest absolute Gasteiger partial charge is 0.494 e. The molecule has 2 N–H and O–H groups in total. The molecule has 0 radical (unpaired) electrons. The fourth-order valence-corrected chi connectivity index (χ4v) is 5.93. The lowest BCUT2D eigenvalue weighted by Gasteiger charge is -2.13. The molecule has 2 amide bonds. The highest BCUT2D eigenvalue weighted by Crippen LogP contribution is 2.36. The number of nitrogens with zero attached hydrogens (tertiary/aromatic N) is 8. The Balaban J connectivity index is 0.000000231. The quantitative estimate of drug-likeness (QED) is 0.130. The minimum absolute atomic E-state index is 0.0399. The van der Waals surface area contributed by atoms with Gasteiger partial charge in [0.2, 0.25) is 10.3 Å². The molecule has 6 aromatic rings. The van der Waals surface area contributed by atoms with Gasteiger partial charge in [-0.1, -0.05) is 65.4 Å². The Morgan fingerprint density at radius 1 is 0.685 bits per heavy atom. The molecule has 0 spiro atoms. The van der Waals surface area contributed by atoms with Gasteiger partial charge in [0.15, 0.2) is 0 Å². The first-order chi connectivity index (χ1) is 26.2. The number of nitriles is 1. The van der Waals surface area contributed by atoms with Crippen LogP contribution in [0.3, 0.4) is 0 Å². The van der Waals surface area contributed by atoms with Crippen LogP contribution < -0.4 is 29.6 Å². The van der Waals surface area contributed by atoms with Crippen molar-refractivity contribution < 1.29 is 28.5 Å². The normalized spacial score (nSPS) is 9.98. The van der Waals surface area contributed by atoms with Crippen LogP contribution in [0.2, 0.25) is 10.3 Å². The van der Waals surface area contributed by atoms with Crippen molar-refractivity contribution in [1.82, 2.24) is 35.3 Å². The smallest absolute Gasteiger partial charge is 0.295 e. The highest BCUT2D eigenvalue weighted by molar-refractivity contribution is 7.17. The number of halogens is 2. The Labute approximate surface area is 327 Å². The van der Waals surface area contributed by atoms with E-state index in [1.54, 1.807) is 18.2 Å². The summed E-state index contributed by atoms with van der Waals surface area (Å²) in [5, 5.41) is 31.8. The predicted octanol–water partition coefficient (Wildman–Crippen LogP) is 7.34. The lowest BCUT2D eigenvalue weighted by molar-refractivity contribution is 0.101. The number of carbonyl (C=O) groups excluding carboxylic acids is 2. The number of carbonyl (C=O) groups is 2. The van der Waals surface area contributed by atoms with Crippen molar-refractivity contribution in [1.29, 1.82) is 5.26 Å². The molecule has 0 saturated heterocycles. The second kappa shape index (κ2) is 19.7. The molecule has 5 aromatic heterocycles. The zero-order valence-electron chi connectivity index (χ0n) is 29.4. The monoisotopic (exact) mass is 808 g/mol. The molecule has 0 bridgehead atoms. The van der Waals surface area contributed by atoms with Crippen LogP contribution in [0.15, 0.2) is 61.1 Å². The van der Waals surface area contributed by atoms with E-state index in [9.17, 15) is 14.9 Å². The standard InChI is InChI=1S/C16H11ClN6O3S.C16H13ClN4O3S.C2H6/c1-25-11-7-20-12(17)5-9(11)13-8(3-4-19-10(13)6-18)14(24)21-15-22-23-16(26-2)27-15;1-23-12-8-18-13(17)7-11(12)9-5-3-4-6-10(9)14(22)19-15-20-21-16(24-2)25-15;1-2/h3-5,7H,1-2H3,(H,21,22,24);3-8H,1-2H3,(H,19,20,22);1-2H3. The van der Waals surface area contributed by atoms with E-state index >= 15 is 0 Å². The van der Waals surface area contributed by atoms with Gasteiger partial charge in [-0.15, -0.1) is 10.2 Å². The number of pyridine rings is 3. The predicted molar refractivity (Wildman–Crippen MR) is 205 cm³/mol. The minimum Gasteiger partial charge on any atom is -0.494 e. The van der Waals surface area contributed by atoms with Gasteiger partial charge < -0.3 is 18.9 Å². The van der Waals surface area contributed by atoms with E-state index in [4.69, 9.17) is 42.1 Å². The third kappa shape index (κ3) is 9.90. The topological polar surface area (TPSA) is 209 Å². The summed E-state index contributed by atoms with van der Waals surface area (Å²) in [6.07, 6.45) is 4.29. The number of amides is 2. The van der Waals surface area contributed by atoms with E-state index in [0.717, 1.165) is 22.7 Å². The van der Waals surface area contributed by atoms with Gasteiger partial charge in [-0.25, -0.2) is 15.0 Å². The number of benzene rings is 1. The number of anilines is 2. The summed E-state index contributed by atoms with van der Waals surface area (Å²) < 4.78 is 20.6. The van der Waals surface area contributed by atoms with Crippen molar-refractivity contribution in [2.24, 2.45) is 0 Å². The molecular formula is C34H30Cl2N10O6S2. The van der Waals surface area contributed by atoms with Gasteiger partial charge >= 0.3 is 0 Å². The molecule has 20 heteroatoms. The Kier molecular flexibility index (Phi) is 14.9. The Morgan fingerprint density at radius 2 is 1.20 bits per heavy atom. The van der Waals surface area contributed by atoms with Crippen LogP contribution in [0, 0.1) is 11.3 Å². The summed E-state index contributed by atoms with van der Waals surface area (Å²) in [6, 6.07) is 13.7. The van der Waals surface area contributed by atoms with Crippen LogP contribution in [-0.4, -0.2) is 75.6 Å². The molecular weight excluding hydrogens is 779 g/mol. The number of aromatic nitrogens is 7. The van der Waals surface area contributed by atoms with Crippen LogP contribution in [-0.2, 0) is 0 Å². The maximum atomic E-state index is 12.8. The fourth-order valence-electron chi connectivity index (χ4n) is 4.50. The average molecular weight is 810 g/mol. The molecule has 0 aliphatic heterocycles. The highest BCUT2D eigenvalue weighted by atomic mass is 35.5. The van der Waals surface area contributed by atoms with Crippen molar-refractivity contribution >= 4 is 68.0 Å². The molecule has 16 nitrogen and oxygen atoms in total. The Bertz CT molecular complexity index is 2280. The maximum Gasteiger partial charge on any atom is 0.295 e. The van der Waals surface area contributed by atoms with Crippen molar-refractivity contribution in [3.8, 4) is 50.2 Å². The molecule has 6 rings (SSSR count). The average Bonchev–Trinajstić information content (AvgIpc) is 3.87. The fraction of sp³-hybridized carbons (Fsp3) is 0.176. The molecule has 0 saturated carbocycles.